The minimum atomic E-state index is 0.202. The van der Waals surface area contributed by atoms with Crippen LogP contribution in [0.25, 0.3) is 0 Å². The third kappa shape index (κ3) is 4.61. The van der Waals surface area contributed by atoms with Crippen molar-refractivity contribution in [1.82, 2.24) is 10.3 Å². The van der Waals surface area contributed by atoms with Crippen molar-refractivity contribution in [3.05, 3.63) is 64.5 Å². The highest BCUT2D eigenvalue weighted by Gasteiger charge is 2.22. The number of ketones is 1. The molecule has 1 aromatic carbocycles. The molecule has 0 radical (unpaired) electrons. The molecule has 3 rings (SSSR count). The van der Waals surface area contributed by atoms with Gasteiger partial charge < -0.3 is 10.1 Å². The van der Waals surface area contributed by atoms with Gasteiger partial charge in [0.2, 0.25) is 0 Å². The van der Waals surface area contributed by atoms with Crippen LogP contribution in [0.2, 0.25) is 0 Å². The lowest BCUT2D eigenvalue weighted by atomic mass is 9.94. The number of aliphatic imine (C=N–C) groups is 1. The first kappa shape index (κ1) is 19.2. The van der Waals surface area contributed by atoms with Crippen LogP contribution < -0.4 is 5.32 Å². The lowest BCUT2D eigenvalue weighted by Gasteiger charge is -2.14. The first-order valence-electron chi connectivity index (χ1n) is 9.48. The van der Waals surface area contributed by atoms with E-state index >= 15 is 0 Å². The maximum Gasteiger partial charge on any atom is 0.139 e. The van der Waals surface area contributed by atoms with E-state index < -0.39 is 0 Å². The van der Waals surface area contributed by atoms with Gasteiger partial charge in [-0.05, 0) is 30.0 Å². The van der Waals surface area contributed by atoms with Crippen molar-refractivity contribution < 1.29 is 9.53 Å². The average molecular weight is 365 g/mol. The van der Waals surface area contributed by atoms with Crippen molar-refractivity contribution in [1.29, 1.82) is 0 Å². The number of ether oxygens (including phenoxy) is 1. The Bertz CT molecular complexity index is 831. The Morgan fingerprint density at radius 2 is 2.07 bits per heavy atom. The molecule has 2 aromatic rings. The first-order valence-corrected chi connectivity index (χ1v) is 9.48. The highest BCUT2D eigenvalue weighted by Crippen LogP contribution is 2.24. The summed E-state index contributed by atoms with van der Waals surface area (Å²) >= 11 is 0. The number of hydrogen-bond donors (Lipinski definition) is 1. The minimum absolute atomic E-state index is 0.202. The summed E-state index contributed by atoms with van der Waals surface area (Å²) in [6, 6.07) is 12.2. The Kier molecular flexibility index (Phi) is 6.35. The van der Waals surface area contributed by atoms with Gasteiger partial charge >= 0.3 is 0 Å². The summed E-state index contributed by atoms with van der Waals surface area (Å²) < 4.78 is 5.33. The largest absolute Gasteiger partial charge is 0.378 e. The van der Waals surface area contributed by atoms with Crippen LogP contribution in [-0.2, 0) is 29.1 Å². The number of carbonyl (C=O) groups excluding carboxylic acids is 1. The molecule has 1 aliphatic rings. The van der Waals surface area contributed by atoms with E-state index in [1.165, 1.54) is 5.56 Å². The summed E-state index contributed by atoms with van der Waals surface area (Å²) in [4.78, 5) is 21.9. The summed E-state index contributed by atoms with van der Waals surface area (Å²) in [5, 5.41) is 3.29. The van der Waals surface area contributed by atoms with Gasteiger partial charge in [0.25, 0.3) is 0 Å². The van der Waals surface area contributed by atoms with Gasteiger partial charge in [0, 0.05) is 37.8 Å². The number of aromatic nitrogens is 1. The molecule has 0 unspecified atom stereocenters. The summed E-state index contributed by atoms with van der Waals surface area (Å²) in [5.74, 6) is 1.28. The molecule has 142 valence electrons. The van der Waals surface area contributed by atoms with E-state index in [0.29, 0.717) is 26.0 Å². The second-order valence-electron chi connectivity index (χ2n) is 6.95. The average Bonchev–Trinajstić information content (AvgIpc) is 3.06. The molecular weight excluding hydrogens is 338 g/mol. The van der Waals surface area contributed by atoms with Gasteiger partial charge in [-0.1, -0.05) is 37.3 Å². The normalized spacial score (nSPS) is 13.8. The number of amidine groups is 1. The molecule has 0 spiro atoms. The maximum atomic E-state index is 12.6. The predicted molar refractivity (Wildman–Crippen MR) is 107 cm³/mol. The summed E-state index contributed by atoms with van der Waals surface area (Å²) in [5.41, 5.74) is 5.00. The van der Waals surface area contributed by atoms with E-state index in [9.17, 15) is 4.79 Å². The Morgan fingerprint density at radius 1 is 1.30 bits per heavy atom. The standard InChI is InChI=1S/C22H27N3O2/c1-4-23-22-21-17(13-24-22)11-18(25-20(21)14-27-3)12-19(26)10-15(2)16-8-6-5-7-9-16/h5-9,11,15H,4,10,12-14H2,1-3H3,(H,23,24)/t15-/m0/s1. The van der Waals surface area contributed by atoms with Crippen molar-refractivity contribution in [2.75, 3.05) is 13.7 Å². The number of Topliss-reactive ketones (excluding diaryl/α,β-unsaturated/α-hetero) is 1. The van der Waals surface area contributed by atoms with Gasteiger partial charge in [-0.15, -0.1) is 0 Å². The molecule has 1 aliphatic heterocycles. The zero-order valence-electron chi connectivity index (χ0n) is 16.3. The summed E-state index contributed by atoms with van der Waals surface area (Å²) in [6.07, 6.45) is 0.860. The number of rotatable bonds is 8. The molecule has 0 saturated heterocycles. The Hall–Kier alpha value is -2.53. The van der Waals surface area contributed by atoms with Crippen LogP contribution >= 0.6 is 0 Å². The van der Waals surface area contributed by atoms with Gasteiger partial charge in [-0.2, -0.15) is 0 Å². The van der Waals surface area contributed by atoms with Crippen molar-refractivity contribution >= 4 is 11.6 Å². The van der Waals surface area contributed by atoms with Gasteiger partial charge in [-0.3, -0.25) is 14.8 Å². The van der Waals surface area contributed by atoms with Crippen LogP contribution in [0.5, 0.6) is 0 Å². The van der Waals surface area contributed by atoms with Crippen LogP contribution in [-0.4, -0.2) is 30.3 Å². The Labute approximate surface area is 160 Å². The van der Waals surface area contributed by atoms with E-state index in [1.54, 1.807) is 7.11 Å². The predicted octanol–water partition coefficient (Wildman–Crippen LogP) is 3.40. The molecule has 1 atom stereocenters. The number of hydrogen-bond acceptors (Lipinski definition) is 5. The Balaban J connectivity index is 1.74. The number of nitrogens with zero attached hydrogens (tertiary/aromatic N) is 2. The van der Waals surface area contributed by atoms with E-state index in [-0.39, 0.29) is 11.7 Å². The summed E-state index contributed by atoms with van der Waals surface area (Å²) in [6.45, 7) is 5.98. The van der Waals surface area contributed by atoms with Crippen LogP contribution in [0, 0.1) is 0 Å². The zero-order valence-corrected chi connectivity index (χ0v) is 16.3. The fourth-order valence-electron chi connectivity index (χ4n) is 3.54. The number of nitrogens with one attached hydrogen (secondary N) is 1. The lowest BCUT2D eigenvalue weighted by Crippen LogP contribution is -2.24. The van der Waals surface area contributed by atoms with Crippen LogP contribution in [0.1, 0.15) is 54.3 Å². The molecule has 1 N–H and O–H groups in total. The van der Waals surface area contributed by atoms with Crippen molar-refractivity contribution in [3.8, 4) is 0 Å². The van der Waals surface area contributed by atoms with Crippen molar-refractivity contribution in [3.63, 3.8) is 0 Å². The quantitative estimate of drug-likeness (QED) is 0.779. The molecule has 0 fully saturated rings. The van der Waals surface area contributed by atoms with Crippen LogP contribution in [0.3, 0.4) is 0 Å². The van der Waals surface area contributed by atoms with Gasteiger partial charge in [0.1, 0.15) is 11.6 Å². The monoisotopic (exact) mass is 365 g/mol. The van der Waals surface area contributed by atoms with Crippen LogP contribution in [0.15, 0.2) is 41.4 Å². The third-order valence-electron chi connectivity index (χ3n) is 4.78. The second kappa shape index (κ2) is 8.91. The van der Waals surface area contributed by atoms with E-state index in [2.05, 4.69) is 29.4 Å². The summed E-state index contributed by atoms with van der Waals surface area (Å²) in [7, 11) is 1.66. The first-order chi connectivity index (χ1) is 13.1. The van der Waals surface area contributed by atoms with Gasteiger partial charge in [0.15, 0.2) is 0 Å². The maximum absolute atomic E-state index is 12.6. The van der Waals surface area contributed by atoms with Crippen molar-refractivity contribution in [2.24, 2.45) is 4.99 Å². The number of benzene rings is 1. The molecular formula is C22H27N3O2. The third-order valence-corrected chi connectivity index (χ3v) is 4.78. The SMILES string of the molecule is CCNC1=NCc2cc(CC(=O)C[C@H](C)c3ccccc3)nc(COC)c21. The molecule has 5 nitrogen and oxygen atoms in total. The fraction of sp³-hybridized carbons (Fsp3) is 0.409. The zero-order chi connectivity index (χ0) is 19.2. The van der Waals surface area contributed by atoms with Crippen molar-refractivity contribution in [2.45, 2.75) is 45.8 Å². The lowest BCUT2D eigenvalue weighted by molar-refractivity contribution is -0.118. The number of pyridine rings is 1. The Morgan fingerprint density at radius 3 is 2.78 bits per heavy atom. The molecule has 27 heavy (non-hydrogen) atoms. The minimum Gasteiger partial charge on any atom is -0.378 e. The number of fused-ring (bicyclic) bond motifs is 1. The van der Waals surface area contributed by atoms with Crippen LogP contribution in [0.4, 0.5) is 0 Å². The van der Waals surface area contributed by atoms with Gasteiger partial charge in [0.05, 0.1) is 18.8 Å². The molecule has 0 amide bonds. The fourth-order valence-corrected chi connectivity index (χ4v) is 3.54. The topological polar surface area (TPSA) is 63.6 Å². The van der Waals surface area contributed by atoms with E-state index in [1.807, 2.05) is 31.2 Å². The molecule has 1 aromatic heterocycles. The second-order valence-corrected chi connectivity index (χ2v) is 6.95. The van der Waals surface area contributed by atoms with E-state index in [0.717, 1.165) is 34.9 Å². The molecule has 0 bridgehead atoms. The number of methoxy groups -OCH3 is 1. The molecule has 2 heterocycles. The van der Waals surface area contributed by atoms with E-state index in [4.69, 9.17) is 9.72 Å². The van der Waals surface area contributed by atoms with Gasteiger partial charge in [-0.25, -0.2) is 0 Å². The molecule has 0 saturated carbocycles. The highest BCUT2D eigenvalue weighted by molar-refractivity contribution is 6.03. The smallest absolute Gasteiger partial charge is 0.139 e. The number of carbonyl (C=O) groups is 1. The molecule has 0 aliphatic carbocycles. The highest BCUT2D eigenvalue weighted by atomic mass is 16.5. The molecule has 5 heteroatoms.